The second kappa shape index (κ2) is 8.72. The average Bonchev–Trinajstić information content (AvgIpc) is 3.28. The lowest BCUT2D eigenvalue weighted by molar-refractivity contribution is -0.120. The first-order valence-corrected chi connectivity index (χ1v) is 11.7. The molecular formula is C20H23N7O3S. The molecular weight excluding hydrogens is 418 g/mol. The molecule has 162 valence electrons. The summed E-state index contributed by atoms with van der Waals surface area (Å²) in [7, 11) is -3.39. The Morgan fingerprint density at radius 3 is 2.61 bits per heavy atom. The van der Waals surface area contributed by atoms with E-state index in [2.05, 4.69) is 30.1 Å². The highest BCUT2D eigenvalue weighted by molar-refractivity contribution is 7.92. The van der Waals surface area contributed by atoms with E-state index in [9.17, 15) is 13.2 Å². The van der Waals surface area contributed by atoms with Crippen LogP contribution in [0.1, 0.15) is 12.8 Å². The number of piperidine rings is 1. The largest absolute Gasteiger partial charge is 0.354 e. The Labute approximate surface area is 180 Å². The molecule has 1 saturated heterocycles. The lowest BCUT2D eigenvalue weighted by Gasteiger charge is -2.32. The fraction of sp³-hybridized carbons (Fsp3) is 0.300. The number of carbonyl (C=O) groups is 1. The number of benzene rings is 1. The van der Waals surface area contributed by atoms with Gasteiger partial charge in [0.1, 0.15) is 6.33 Å². The number of nitrogens with zero attached hydrogens (tertiary/aromatic N) is 5. The predicted molar refractivity (Wildman–Crippen MR) is 118 cm³/mol. The van der Waals surface area contributed by atoms with Crippen molar-refractivity contribution in [3.05, 3.63) is 55.1 Å². The lowest BCUT2D eigenvalue weighted by atomic mass is 9.97. The molecule has 1 atom stereocenters. The smallest absolute Gasteiger partial charge is 0.229 e. The number of imidazole rings is 1. The zero-order chi connectivity index (χ0) is 21.8. The molecule has 0 radical (unpaired) electrons. The van der Waals surface area contributed by atoms with Crippen LogP contribution in [-0.4, -0.2) is 53.4 Å². The molecule has 10 nitrogen and oxygen atoms in total. The number of amides is 1. The third kappa shape index (κ3) is 5.37. The van der Waals surface area contributed by atoms with Crippen LogP contribution in [0.15, 0.2) is 55.1 Å². The van der Waals surface area contributed by atoms with Crippen molar-refractivity contribution in [3.63, 3.8) is 0 Å². The summed E-state index contributed by atoms with van der Waals surface area (Å²) in [6, 6.07) is 10.4. The topological polar surface area (TPSA) is 122 Å². The number of hydrogen-bond donors (Lipinski definition) is 2. The van der Waals surface area contributed by atoms with Crippen molar-refractivity contribution in [1.29, 1.82) is 0 Å². The molecule has 1 aliphatic rings. The van der Waals surface area contributed by atoms with E-state index in [1.54, 1.807) is 47.6 Å². The van der Waals surface area contributed by atoms with Gasteiger partial charge in [-0.25, -0.2) is 13.4 Å². The van der Waals surface area contributed by atoms with Crippen LogP contribution in [0.25, 0.3) is 5.82 Å². The minimum Gasteiger partial charge on any atom is -0.354 e. The minimum atomic E-state index is -3.39. The maximum Gasteiger partial charge on any atom is 0.229 e. The average molecular weight is 442 g/mol. The summed E-state index contributed by atoms with van der Waals surface area (Å²) in [5.74, 6) is 1.08. The first kappa shape index (κ1) is 20.8. The molecule has 1 aliphatic heterocycles. The molecule has 0 spiro atoms. The van der Waals surface area contributed by atoms with Crippen LogP contribution < -0.4 is 14.9 Å². The highest BCUT2D eigenvalue weighted by Gasteiger charge is 2.27. The second-order valence-corrected chi connectivity index (χ2v) is 9.20. The molecule has 0 aliphatic carbocycles. The zero-order valence-electron chi connectivity index (χ0n) is 17.0. The van der Waals surface area contributed by atoms with E-state index in [0.29, 0.717) is 23.7 Å². The van der Waals surface area contributed by atoms with Crippen LogP contribution in [0.5, 0.6) is 0 Å². The van der Waals surface area contributed by atoms with E-state index in [1.165, 1.54) is 0 Å². The summed E-state index contributed by atoms with van der Waals surface area (Å²) in [6.07, 6.45) is 7.84. The van der Waals surface area contributed by atoms with Crippen molar-refractivity contribution in [2.75, 3.05) is 34.3 Å². The Morgan fingerprint density at radius 1 is 1.13 bits per heavy atom. The molecule has 0 saturated carbocycles. The first-order chi connectivity index (χ1) is 14.9. The molecule has 4 rings (SSSR count). The van der Waals surface area contributed by atoms with Crippen molar-refractivity contribution in [2.24, 2.45) is 5.92 Å². The quantitative estimate of drug-likeness (QED) is 0.599. The molecule has 3 heterocycles. The van der Waals surface area contributed by atoms with E-state index < -0.39 is 10.0 Å². The zero-order valence-corrected chi connectivity index (χ0v) is 17.8. The molecule has 2 N–H and O–H groups in total. The summed E-state index contributed by atoms with van der Waals surface area (Å²) >= 11 is 0. The summed E-state index contributed by atoms with van der Waals surface area (Å²) < 4.78 is 27.0. The van der Waals surface area contributed by atoms with Gasteiger partial charge in [0.25, 0.3) is 0 Å². The van der Waals surface area contributed by atoms with Gasteiger partial charge in [-0.1, -0.05) is 6.07 Å². The molecule has 1 aromatic carbocycles. The molecule has 2 aromatic heterocycles. The van der Waals surface area contributed by atoms with Crippen molar-refractivity contribution in [3.8, 4) is 5.82 Å². The molecule has 11 heteroatoms. The lowest BCUT2D eigenvalue weighted by Crippen LogP contribution is -2.41. The van der Waals surface area contributed by atoms with Crippen LogP contribution in [0.4, 0.5) is 17.2 Å². The van der Waals surface area contributed by atoms with Gasteiger partial charge in [-0.3, -0.25) is 14.1 Å². The van der Waals surface area contributed by atoms with Crippen LogP contribution in [0.3, 0.4) is 0 Å². The van der Waals surface area contributed by atoms with Gasteiger partial charge >= 0.3 is 0 Å². The van der Waals surface area contributed by atoms with Gasteiger partial charge < -0.3 is 10.2 Å². The van der Waals surface area contributed by atoms with E-state index in [-0.39, 0.29) is 11.8 Å². The number of rotatable bonds is 6. The third-order valence-electron chi connectivity index (χ3n) is 4.95. The maximum atomic E-state index is 12.8. The summed E-state index contributed by atoms with van der Waals surface area (Å²) in [6.45, 7) is 1.34. The van der Waals surface area contributed by atoms with Crippen LogP contribution in [0, 0.1) is 5.92 Å². The van der Waals surface area contributed by atoms with Crippen molar-refractivity contribution in [1.82, 2.24) is 19.7 Å². The Morgan fingerprint density at radius 2 is 1.90 bits per heavy atom. The fourth-order valence-electron chi connectivity index (χ4n) is 3.54. The van der Waals surface area contributed by atoms with E-state index in [0.717, 1.165) is 31.5 Å². The second-order valence-electron chi connectivity index (χ2n) is 7.45. The van der Waals surface area contributed by atoms with E-state index in [4.69, 9.17) is 0 Å². The summed E-state index contributed by atoms with van der Waals surface area (Å²) in [4.78, 5) is 18.9. The minimum absolute atomic E-state index is 0.107. The van der Waals surface area contributed by atoms with Gasteiger partial charge in [0.05, 0.1) is 17.9 Å². The monoisotopic (exact) mass is 441 g/mol. The molecule has 1 unspecified atom stereocenters. The van der Waals surface area contributed by atoms with Crippen LogP contribution in [0.2, 0.25) is 0 Å². The van der Waals surface area contributed by atoms with Gasteiger partial charge in [0, 0.05) is 31.2 Å². The van der Waals surface area contributed by atoms with Crippen molar-refractivity contribution >= 4 is 33.1 Å². The van der Waals surface area contributed by atoms with E-state index >= 15 is 0 Å². The fourth-order valence-corrected chi connectivity index (χ4v) is 4.09. The number of hydrogen-bond acceptors (Lipinski definition) is 7. The van der Waals surface area contributed by atoms with Gasteiger partial charge in [-0.2, -0.15) is 0 Å². The Bertz CT molecular complexity index is 1150. The highest BCUT2D eigenvalue weighted by Crippen LogP contribution is 2.24. The number of sulfonamides is 1. The SMILES string of the molecule is CS(=O)(=O)Nc1cccc(NC(=O)C2CCCN(c3ccc(-n4ccnc4)nn3)C2)c1. The summed E-state index contributed by atoms with van der Waals surface area (Å²) in [5, 5.41) is 11.5. The molecule has 1 amide bonds. The first-order valence-electron chi connectivity index (χ1n) is 9.83. The molecule has 31 heavy (non-hydrogen) atoms. The van der Waals surface area contributed by atoms with Gasteiger partial charge in [-0.05, 0) is 43.2 Å². The number of aromatic nitrogens is 4. The molecule has 0 bridgehead atoms. The summed E-state index contributed by atoms with van der Waals surface area (Å²) in [5.41, 5.74) is 0.944. The predicted octanol–water partition coefficient (Wildman–Crippen LogP) is 1.89. The number of anilines is 3. The van der Waals surface area contributed by atoms with Crippen molar-refractivity contribution in [2.45, 2.75) is 12.8 Å². The highest BCUT2D eigenvalue weighted by atomic mass is 32.2. The van der Waals surface area contributed by atoms with Gasteiger partial charge in [0.2, 0.25) is 15.9 Å². The Hall–Kier alpha value is -3.47. The molecule has 3 aromatic rings. The van der Waals surface area contributed by atoms with Crippen LogP contribution >= 0.6 is 0 Å². The number of carbonyl (C=O) groups excluding carboxylic acids is 1. The third-order valence-corrected chi connectivity index (χ3v) is 5.56. The Balaban J connectivity index is 1.40. The van der Waals surface area contributed by atoms with Crippen molar-refractivity contribution < 1.29 is 13.2 Å². The normalized spacial score (nSPS) is 16.7. The Kier molecular flexibility index (Phi) is 5.85. The van der Waals surface area contributed by atoms with Gasteiger partial charge in [-0.15, -0.1) is 10.2 Å². The maximum absolute atomic E-state index is 12.8. The molecule has 1 fully saturated rings. The van der Waals surface area contributed by atoms with E-state index in [1.807, 2.05) is 12.1 Å². The number of nitrogens with one attached hydrogen (secondary N) is 2. The standard InChI is InChI=1S/C20H23N7O3S/c1-31(29,30)25-17-6-2-5-16(12-17)22-20(28)15-4-3-10-26(13-15)18-7-8-19(24-23-18)27-11-9-21-14-27/h2,5-9,11-12,14-15,25H,3-4,10,13H2,1H3,(H,22,28). The van der Waals surface area contributed by atoms with Gasteiger partial charge in [0.15, 0.2) is 11.6 Å². The van der Waals surface area contributed by atoms with Crippen LogP contribution in [-0.2, 0) is 14.8 Å².